The fourth-order valence-electron chi connectivity index (χ4n) is 2.11. The van der Waals surface area contributed by atoms with Crippen LogP contribution in [-0.4, -0.2) is 32.6 Å². The molecule has 0 N–H and O–H groups in total. The molecule has 0 radical (unpaired) electrons. The van der Waals surface area contributed by atoms with Crippen molar-refractivity contribution < 1.29 is 23.8 Å². The van der Waals surface area contributed by atoms with Gasteiger partial charge in [-0.1, -0.05) is 23.2 Å². The maximum atomic E-state index is 12.2. The molecule has 0 heterocycles. The van der Waals surface area contributed by atoms with Gasteiger partial charge < -0.3 is 14.2 Å². The van der Waals surface area contributed by atoms with Gasteiger partial charge in [-0.25, -0.2) is 4.79 Å². The smallest absolute Gasteiger partial charge is 0.342 e. The molecule has 5 nitrogen and oxygen atoms in total. The van der Waals surface area contributed by atoms with Crippen LogP contribution in [0.5, 0.6) is 11.5 Å². The first-order valence-corrected chi connectivity index (χ1v) is 7.52. The lowest BCUT2D eigenvalue weighted by molar-refractivity contribution is 0.0471. The van der Waals surface area contributed by atoms with Gasteiger partial charge in [0.25, 0.3) is 0 Å². The van der Waals surface area contributed by atoms with Gasteiger partial charge in [-0.2, -0.15) is 0 Å². The topological polar surface area (TPSA) is 61.8 Å². The van der Waals surface area contributed by atoms with E-state index in [-0.39, 0.29) is 11.3 Å². The summed E-state index contributed by atoms with van der Waals surface area (Å²) in [6, 6.07) is 9.77. The quantitative estimate of drug-likeness (QED) is 0.588. The van der Waals surface area contributed by atoms with Crippen molar-refractivity contribution in [3.63, 3.8) is 0 Å². The SMILES string of the molecule is COc1ccc(C(=O)COC(=O)c2cc(C)ccc2OC)cc1Cl. The molecule has 0 aromatic heterocycles. The summed E-state index contributed by atoms with van der Waals surface area (Å²) in [6.07, 6.45) is 0. The lowest BCUT2D eigenvalue weighted by Gasteiger charge is -2.10. The highest BCUT2D eigenvalue weighted by atomic mass is 35.5. The fraction of sp³-hybridized carbons (Fsp3) is 0.222. The Balaban J connectivity index is 2.07. The van der Waals surface area contributed by atoms with Crippen LogP contribution in [0.2, 0.25) is 5.02 Å². The molecule has 126 valence electrons. The Hall–Kier alpha value is -2.53. The standard InChI is InChI=1S/C18H17ClO5/c1-11-4-6-16(22-2)13(8-11)18(21)24-10-15(20)12-5-7-17(23-3)14(19)9-12/h4-9H,10H2,1-3H3. The number of aryl methyl sites for hydroxylation is 1. The summed E-state index contributed by atoms with van der Waals surface area (Å²) in [5.74, 6) is -0.122. The van der Waals surface area contributed by atoms with Gasteiger partial charge in [-0.15, -0.1) is 0 Å². The average Bonchev–Trinajstić information content (AvgIpc) is 2.59. The minimum absolute atomic E-state index is 0.276. The zero-order valence-corrected chi connectivity index (χ0v) is 14.3. The number of rotatable bonds is 6. The molecular weight excluding hydrogens is 332 g/mol. The third-order valence-corrected chi connectivity index (χ3v) is 3.68. The van der Waals surface area contributed by atoms with Gasteiger partial charge in [0, 0.05) is 5.56 Å². The number of carbonyl (C=O) groups is 2. The summed E-state index contributed by atoms with van der Waals surface area (Å²) in [6.45, 7) is 1.46. The maximum absolute atomic E-state index is 12.2. The van der Waals surface area contributed by atoms with E-state index in [1.54, 1.807) is 24.3 Å². The van der Waals surface area contributed by atoms with Gasteiger partial charge in [0.2, 0.25) is 0 Å². The average molecular weight is 349 g/mol. The summed E-state index contributed by atoms with van der Waals surface area (Å²) in [7, 11) is 2.95. The Morgan fingerprint density at radius 2 is 1.67 bits per heavy atom. The normalized spacial score (nSPS) is 10.2. The van der Waals surface area contributed by atoms with E-state index in [1.807, 2.05) is 13.0 Å². The van der Waals surface area contributed by atoms with E-state index in [0.717, 1.165) is 5.56 Å². The fourth-order valence-corrected chi connectivity index (χ4v) is 2.37. The Morgan fingerprint density at radius 3 is 2.29 bits per heavy atom. The van der Waals surface area contributed by atoms with Crippen molar-refractivity contribution in [1.29, 1.82) is 0 Å². The van der Waals surface area contributed by atoms with E-state index in [9.17, 15) is 9.59 Å². The predicted molar refractivity (Wildman–Crippen MR) is 90.3 cm³/mol. The minimum Gasteiger partial charge on any atom is -0.496 e. The Kier molecular flexibility index (Phi) is 5.82. The van der Waals surface area contributed by atoms with Crippen molar-refractivity contribution >= 4 is 23.4 Å². The van der Waals surface area contributed by atoms with Gasteiger partial charge >= 0.3 is 5.97 Å². The molecular formula is C18H17ClO5. The summed E-state index contributed by atoms with van der Waals surface area (Å²) in [5.41, 5.74) is 1.50. The molecule has 0 aliphatic rings. The van der Waals surface area contributed by atoms with E-state index in [2.05, 4.69) is 0 Å². The van der Waals surface area contributed by atoms with Gasteiger partial charge in [0.05, 0.1) is 19.2 Å². The highest BCUT2D eigenvalue weighted by molar-refractivity contribution is 6.32. The number of esters is 1. The summed E-state index contributed by atoms with van der Waals surface area (Å²) in [4.78, 5) is 24.3. The molecule has 6 heteroatoms. The van der Waals surface area contributed by atoms with Crippen molar-refractivity contribution in [3.8, 4) is 11.5 Å². The predicted octanol–water partition coefficient (Wildman–Crippen LogP) is 3.71. The number of hydrogen-bond donors (Lipinski definition) is 0. The number of ether oxygens (including phenoxy) is 3. The first-order valence-electron chi connectivity index (χ1n) is 7.14. The number of benzene rings is 2. The number of halogens is 1. The number of methoxy groups -OCH3 is 2. The van der Waals surface area contributed by atoms with Crippen LogP contribution in [0, 0.1) is 6.92 Å². The number of ketones is 1. The molecule has 0 aliphatic carbocycles. The molecule has 2 aromatic rings. The minimum atomic E-state index is -0.622. The zero-order valence-electron chi connectivity index (χ0n) is 13.6. The monoisotopic (exact) mass is 348 g/mol. The molecule has 0 fully saturated rings. The van der Waals surface area contributed by atoms with Crippen molar-refractivity contribution in [3.05, 3.63) is 58.1 Å². The van der Waals surface area contributed by atoms with Crippen LogP contribution in [0.4, 0.5) is 0 Å². The van der Waals surface area contributed by atoms with Crippen LogP contribution in [-0.2, 0) is 4.74 Å². The Morgan fingerprint density at radius 1 is 1.00 bits per heavy atom. The molecule has 0 spiro atoms. The maximum Gasteiger partial charge on any atom is 0.342 e. The van der Waals surface area contributed by atoms with Crippen LogP contribution >= 0.6 is 11.6 Å². The van der Waals surface area contributed by atoms with Crippen LogP contribution in [0.15, 0.2) is 36.4 Å². The van der Waals surface area contributed by atoms with Crippen molar-refractivity contribution in [1.82, 2.24) is 0 Å². The third-order valence-electron chi connectivity index (χ3n) is 3.38. The molecule has 2 aromatic carbocycles. The van der Waals surface area contributed by atoms with E-state index in [0.29, 0.717) is 22.1 Å². The van der Waals surface area contributed by atoms with Crippen molar-refractivity contribution in [2.75, 3.05) is 20.8 Å². The second-order valence-corrected chi connectivity index (χ2v) is 5.46. The van der Waals surface area contributed by atoms with E-state index in [4.69, 9.17) is 25.8 Å². The largest absolute Gasteiger partial charge is 0.496 e. The van der Waals surface area contributed by atoms with Gasteiger partial charge in [0.15, 0.2) is 12.4 Å². The molecule has 0 amide bonds. The van der Waals surface area contributed by atoms with Crippen LogP contribution < -0.4 is 9.47 Å². The molecule has 0 saturated heterocycles. The third kappa shape index (κ3) is 4.06. The van der Waals surface area contributed by atoms with Crippen molar-refractivity contribution in [2.45, 2.75) is 6.92 Å². The molecule has 24 heavy (non-hydrogen) atoms. The van der Waals surface area contributed by atoms with Gasteiger partial charge in [-0.3, -0.25) is 4.79 Å². The highest BCUT2D eigenvalue weighted by Crippen LogP contribution is 2.25. The number of hydrogen-bond acceptors (Lipinski definition) is 5. The summed E-state index contributed by atoms with van der Waals surface area (Å²) >= 11 is 5.99. The summed E-state index contributed by atoms with van der Waals surface area (Å²) < 4.78 is 15.3. The van der Waals surface area contributed by atoms with Crippen LogP contribution in [0.3, 0.4) is 0 Å². The highest BCUT2D eigenvalue weighted by Gasteiger charge is 2.17. The zero-order chi connectivity index (χ0) is 17.7. The summed E-state index contributed by atoms with van der Waals surface area (Å²) in [5, 5.41) is 0.315. The molecule has 0 bridgehead atoms. The lowest BCUT2D eigenvalue weighted by Crippen LogP contribution is -2.15. The molecule has 0 atom stereocenters. The van der Waals surface area contributed by atoms with Crippen LogP contribution in [0.1, 0.15) is 26.3 Å². The van der Waals surface area contributed by atoms with E-state index >= 15 is 0 Å². The second-order valence-electron chi connectivity index (χ2n) is 5.05. The Bertz CT molecular complexity index is 770. The second kappa shape index (κ2) is 7.84. The molecule has 0 aliphatic heterocycles. The van der Waals surface area contributed by atoms with E-state index < -0.39 is 12.6 Å². The van der Waals surface area contributed by atoms with Crippen LogP contribution in [0.25, 0.3) is 0 Å². The van der Waals surface area contributed by atoms with E-state index in [1.165, 1.54) is 20.3 Å². The molecule has 0 saturated carbocycles. The first-order chi connectivity index (χ1) is 11.5. The number of Topliss-reactive ketones (excluding diaryl/α,β-unsaturated/α-hetero) is 1. The first kappa shape index (κ1) is 17.8. The number of carbonyl (C=O) groups excluding carboxylic acids is 2. The van der Waals surface area contributed by atoms with Gasteiger partial charge in [-0.05, 0) is 37.3 Å². The Labute approximate surface area is 145 Å². The van der Waals surface area contributed by atoms with Gasteiger partial charge in [0.1, 0.15) is 17.1 Å². The molecule has 0 unspecified atom stereocenters. The lowest BCUT2D eigenvalue weighted by atomic mass is 10.1. The van der Waals surface area contributed by atoms with Crippen molar-refractivity contribution in [2.24, 2.45) is 0 Å². The molecule has 2 rings (SSSR count).